The molecule has 0 spiro atoms. The van der Waals surface area contributed by atoms with Gasteiger partial charge in [-0.2, -0.15) is 0 Å². The van der Waals surface area contributed by atoms with E-state index in [-0.39, 0.29) is 25.4 Å². The van der Waals surface area contributed by atoms with E-state index < -0.39 is 18.0 Å². The van der Waals surface area contributed by atoms with Crippen molar-refractivity contribution in [2.24, 2.45) is 0 Å². The molecule has 0 aromatic heterocycles. The number of carbonyl (C=O) groups is 3. The maximum Gasteiger partial charge on any atom is 0.315 e. The minimum Gasteiger partial charge on any atom is -0.481 e. The van der Waals surface area contributed by atoms with Crippen LogP contribution >= 0.6 is 0 Å². The van der Waals surface area contributed by atoms with Gasteiger partial charge in [-0.1, -0.05) is 30.3 Å². The first kappa shape index (κ1) is 17.5. The Morgan fingerprint density at radius 1 is 1.00 bits per heavy atom. The predicted octanol–water partition coefficient (Wildman–Crippen LogP) is 1.24. The standard InChI is InChI=1S/C15H20N2O5/c18-13(19)7-6-12(10-11-4-2-1-3-5-11)17-15(22)16-9-8-14(20)21/h1-5,12H,6-10H2,(H,18,19)(H,20,21)(H2,16,17,22). The summed E-state index contributed by atoms with van der Waals surface area (Å²) in [5, 5.41) is 22.4. The van der Waals surface area contributed by atoms with Crippen molar-refractivity contribution in [1.29, 1.82) is 0 Å². The van der Waals surface area contributed by atoms with Crippen LogP contribution in [0, 0.1) is 0 Å². The van der Waals surface area contributed by atoms with Crippen LogP contribution in [0.5, 0.6) is 0 Å². The zero-order valence-electron chi connectivity index (χ0n) is 12.1. The summed E-state index contributed by atoms with van der Waals surface area (Å²) in [6.07, 6.45) is 0.607. The summed E-state index contributed by atoms with van der Waals surface area (Å²) < 4.78 is 0. The van der Waals surface area contributed by atoms with Gasteiger partial charge >= 0.3 is 18.0 Å². The zero-order valence-corrected chi connectivity index (χ0v) is 12.1. The van der Waals surface area contributed by atoms with Crippen LogP contribution in [0.15, 0.2) is 30.3 Å². The molecule has 0 saturated heterocycles. The van der Waals surface area contributed by atoms with Gasteiger partial charge in [0.2, 0.25) is 0 Å². The molecular formula is C15H20N2O5. The highest BCUT2D eigenvalue weighted by atomic mass is 16.4. The Morgan fingerprint density at radius 2 is 1.64 bits per heavy atom. The molecule has 0 saturated carbocycles. The summed E-state index contributed by atoms with van der Waals surface area (Å²) in [7, 11) is 0. The third-order valence-corrected chi connectivity index (χ3v) is 2.99. The van der Waals surface area contributed by atoms with E-state index in [2.05, 4.69) is 10.6 Å². The normalized spacial score (nSPS) is 11.5. The van der Waals surface area contributed by atoms with Crippen LogP contribution in [-0.2, 0) is 16.0 Å². The molecule has 7 heteroatoms. The molecule has 0 fully saturated rings. The van der Waals surface area contributed by atoms with E-state index in [9.17, 15) is 14.4 Å². The first-order chi connectivity index (χ1) is 10.5. The van der Waals surface area contributed by atoms with E-state index in [1.54, 1.807) is 0 Å². The lowest BCUT2D eigenvalue weighted by Gasteiger charge is -2.18. The fraction of sp³-hybridized carbons (Fsp3) is 0.400. The summed E-state index contributed by atoms with van der Waals surface area (Å²) >= 11 is 0. The molecule has 1 rings (SSSR count). The van der Waals surface area contributed by atoms with Crippen LogP contribution in [-0.4, -0.2) is 40.8 Å². The Kier molecular flexibility index (Phi) is 7.45. The second kappa shape index (κ2) is 9.38. The maximum absolute atomic E-state index is 11.7. The number of hydrogen-bond acceptors (Lipinski definition) is 3. The van der Waals surface area contributed by atoms with Crippen molar-refractivity contribution in [3.63, 3.8) is 0 Å². The minimum absolute atomic E-state index is 0.0259. The molecule has 0 aliphatic heterocycles. The zero-order chi connectivity index (χ0) is 16.4. The highest BCUT2D eigenvalue weighted by Crippen LogP contribution is 2.08. The average Bonchev–Trinajstić information content (AvgIpc) is 2.45. The molecule has 0 heterocycles. The van der Waals surface area contributed by atoms with Gasteiger partial charge in [0.05, 0.1) is 6.42 Å². The number of carboxylic acid groups (broad SMARTS) is 2. The molecule has 22 heavy (non-hydrogen) atoms. The molecule has 0 bridgehead atoms. The van der Waals surface area contributed by atoms with Gasteiger partial charge in [0, 0.05) is 19.0 Å². The molecule has 1 aromatic rings. The van der Waals surface area contributed by atoms with E-state index >= 15 is 0 Å². The monoisotopic (exact) mass is 308 g/mol. The third-order valence-electron chi connectivity index (χ3n) is 2.99. The van der Waals surface area contributed by atoms with Gasteiger partial charge in [0.15, 0.2) is 0 Å². The third kappa shape index (κ3) is 7.88. The summed E-state index contributed by atoms with van der Waals surface area (Å²) in [4.78, 5) is 32.8. The van der Waals surface area contributed by atoms with Crippen molar-refractivity contribution in [2.45, 2.75) is 31.7 Å². The lowest BCUT2D eigenvalue weighted by Crippen LogP contribution is -2.43. The Bertz CT molecular complexity index is 504. The Balaban J connectivity index is 2.51. The molecule has 1 unspecified atom stereocenters. The number of rotatable bonds is 9. The molecule has 7 nitrogen and oxygen atoms in total. The Morgan fingerprint density at radius 3 is 2.23 bits per heavy atom. The number of benzene rings is 1. The Hall–Kier alpha value is -2.57. The molecule has 0 radical (unpaired) electrons. The number of nitrogens with one attached hydrogen (secondary N) is 2. The number of aliphatic carboxylic acids is 2. The number of urea groups is 1. The number of amides is 2. The van der Waals surface area contributed by atoms with Crippen molar-refractivity contribution in [3.8, 4) is 0 Å². The van der Waals surface area contributed by atoms with Gasteiger partial charge in [-0.3, -0.25) is 9.59 Å². The van der Waals surface area contributed by atoms with E-state index in [4.69, 9.17) is 10.2 Å². The van der Waals surface area contributed by atoms with Gasteiger partial charge in [-0.15, -0.1) is 0 Å². The van der Waals surface area contributed by atoms with Crippen LogP contribution in [0.3, 0.4) is 0 Å². The SMILES string of the molecule is O=C(O)CCNC(=O)NC(CCC(=O)O)Cc1ccccc1. The maximum atomic E-state index is 11.7. The van der Waals surface area contributed by atoms with Crippen LogP contribution < -0.4 is 10.6 Å². The predicted molar refractivity (Wildman–Crippen MR) is 79.6 cm³/mol. The second-order valence-corrected chi connectivity index (χ2v) is 4.86. The van der Waals surface area contributed by atoms with E-state index in [0.717, 1.165) is 5.56 Å². The minimum atomic E-state index is -0.994. The van der Waals surface area contributed by atoms with Crippen molar-refractivity contribution in [3.05, 3.63) is 35.9 Å². The smallest absolute Gasteiger partial charge is 0.315 e. The fourth-order valence-corrected chi connectivity index (χ4v) is 1.94. The van der Waals surface area contributed by atoms with E-state index in [0.29, 0.717) is 12.8 Å². The molecule has 4 N–H and O–H groups in total. The molecule has 0 aliphatic rings. The van der Waals surface area contributed by atoms with E-state index in [1.807, 2.05) is 30.3 Å². The molecule has 0 aliphatic carbocycles. The van der Waals surface area contributed by atoms with Gasteiger partial charge in [0.1, 0.15) is 0 Å². The molecule has 1 aromatic carbocycles. The van der Waals surface area contributed by atoms with E-state index in [1.165, 1.54) is 0 Å². The van der Waals surface area contributed by atoms with Crippen LogP contribution in [0.25, 0.3) is 0 Å². The Labute approximate surface area is 128 Å². The lowest BCUT2D eigenvalue weighted by molar-refractivity contribution is -0.138. The molecular weight excluding hydrogens is 288 g/mol. The summed E-state index contributed by atoms with van der Waals surface area (Å²) in [5.74, 6) is -1.92. The van der Waals surface area contributed by atoms with Crippen LogP contribution in [0.2, 0.25) is 0 Å². The topological polar surface area (TPSA) is 116 Å². The van der Waals surface area contributed by atoms with Crippen molar-refractivity contribution >= 4 is 18.0 Å². The first-order valence-electron chi connectivity index (χ1n) is 6.99. The first-order valence-corrected chi connectivity index (χ1v) is 6.99. The molecule has 120 valence electrons. The summed E-state index contributed by atoms with van der Waals surface area (Å²) in [6.45, 7) is 0.0259. The quantitative estimate of drug-likeness (QED) is 0.547. The van der Waals surface area contributed by atoms with Crippen molar-refractivity contribution < 1.29 is 24.6 Å². The summed E-state index contributed by atoms with van der Waals surface area (Å²) in [6, 6.07) is 8.60. The number of carboxylic acids is 2. The van der Waals surface area contributed by atoms with Gasteiger partial charge in [0.25, 0.3) is 0 Å². The molecule has 1 atom stereocenters. The van der Waals surface area contributed by atoms with Crippen molar-refractivity contribution in [2.75, 3.05) is 6.54 Å². The number of hydrogen-bond donors (Lipinski definition) is 4. The fourth-order valence-electron chi connectivity index (χ4n) is 1.94. The van der Waals surface area contributed by atoms with Gasteiger partial charge in [-0.25, -0.2) is 4.79 Å². The largest absolute Gasteiger partial charge is 0.481 e. The highest BCUT2D eigenvalue weighted by Gasteiger charge is 2.14. The van der Waals surface area contributed by atoms with Gasteiger partial charge in [-0.05, 0) is 18.4 Å². The van der Waals surface area contributed by atoms with Crippen LogP contribution in [0.4, 0.5) is 4.79 Å². The number of carbonyl (C=O) groups excluding carboxylic acids is 1. The summed E-state index contributed by atoms with van der Waals surface area (Å²) in [5.41, 5.74) is 0.990. The second-order valence-electron chi connectivity index (χ2n) is 4.86. The average molecular weight is 308 g/mol. The van der Waals surface area contributed by atoms with Gasteiger partial charge < -0.3 is 20.8 Å². The highest BCUT2D eigenvalue weighted by molar-refractivity contribution is 5.75. The van der Waals surface area contributed by atoms with Crippen LogP contribution in [0.1, 0.15) is 24.8 Å². The van der Waals surface area contributed by atoms with Crippen molar-refractivity contribution in [1.82, 2.24) is 10.6 Å². The molecule has 2 amide bonds. The lowest BCUT2D eigenvalue weighted by atomic mass is 10.0.